The molecule has 0 radical (unpaired) electrons. The van der Waals surface area contributed by atoms with E-state index in [-0.39, 0.29) is 13.1 Å². The zero-order valence-electron chi connectivity index (χ0n) is 9.25. The Balaban J connectivity index is 3.43. The summed E-state index contributed by atoms with van der Waals surface area (Å²) in [5, 5.41) is 4.44. The number of nitrogens with two attached hydrogens (primary N) is 1. The van der Waals surface area contributed by atoms with Crippen molar-refractivity contribution in [2.75, 3.05) is 13.1 Å². The van der Waals surface area contributed by atoms with Gasteiger partial charge in [-0.3, -0.25) is 4.79 Å². The Morgan fingerprint density at radius 3 is 2.16 bits per heavy atom. The van der Waals surface area contributed by atoms with Crippen molar-refractivity contribution in [2.45, 2.75) is 0 Å². The summed E-state index contributed by atoms with van der Waals surface area (Å²) in [5.74, 6) is -9.17. The third kappa shape index (κ3) is 2.75. The van der Waals surface area contributed by atoms with Crippen LogP contribution in [-0.4, -0.2) is 19.0 Å². The minimum atomic E-state index is -1.95. The van der Waals surface area contributed by atoms with Crippen LogP contribution < -0.4 is 11.1 Å². The van der Waals surface area contributed by atoms with Crippen LogP contribution in [0.25, 0.3) is 10.4 Å². The minimum absolute atomic E-state index is 0.0310. The minimum Gasteiger partial charge on any atom is -0.351 e. The summed E-state index contributed by atoms with van der Waals surface area (Å²) in [4.78, 5) is 13.4. The number of benzene rings is 1. The summed E-state index contributed by atoms with van der Waals surface area (Å²) >= 11 is 0. The van der Waals surface area contributed by atoms with Gasteiger partial charge in [-0.25, -0.2) is 17.6 Å². The third-order valence-corrected chi connectivity index (χ3v) is 2.04. The van der Waals surface area contributed by atoms with E-state index in [9.17, 15) is 22.4 Å². The molecule has 0 atom stereocenters. The molecule has 0 unspecified atom stereocenters. The molecule has 19 heavy (non-hydrogen) atoms. The number of hydrogen-bond donors (Lipinski definition) is 2. The van der Waals surface area contributed by atoms with Crippen molar-refractivity contribution in [1.82, 2.24) is 5.32 Å². The number of amides is 1. The summed E-state index contributed by atoms with van der Waals surface area (Å²) < 4.78 is 53.5. The number of nitrogens with zero attached hydrogens (tertiary/aromatic N) is 3. The Labute approximate surface area is 103 Å². The molecule has 1 rings (SSSR count). The van der Waals surface area contributed by atoms with E-state index < -0.39 is 40.4 Å². The molecule has 1 aromatic rings. The number of carbonyl (C=O) groups excluding carboxylic acids is 1. The SMILES string of the molecule is [N-]=[N+]=Nc1c(F)c(F)c(C(=O)NCCN)c(F)c1F. The fourth-order valence-electron chi connectivity index (χ4n) is 1.23. The van der Waals surface area contributed by atoms with Gasteiger partial charge in [0.15, 0.2) is 23.3 Å². The van der Waals surface area contributed by atoms with Gasteiger partial charge in [0.2, 0.25) is 0 Å². The Bertz CT molecular complexity index is 541. The van der Waals surface area contributed by atoms with Gasteiger partial charge in [-0.15, -0.1) is 0 Å². The van der Waals surface area contributed by atoms with E-state index in [2.05, 4.69) is 5.11 Å². The summed E-state index contributed by atoms with van der Waals surface area (Å²) in [6.07, 6.45) is 0. The van der Waals surface area contributed by atoms with Crippen LogP contribution in [-0.2, 0) is 0 Å². The van der Waals surface area contributed by atoms with E-state index >= 15 is 0 Å². The zero-order valence-corrected chi connectivity index (χ0v) is 9.25. The Morgan fingerprint density at radius 2 is 1.74 bits per heavy atom. The van der Waals surface area contributed by atoms with Crippen LogP contribution in [0.15, 0.2) is 5.11 Å². The molecule has 1 amide bonds. The molecule has 0 aliphatic heterocycles. The van der Waals surface area contributed by atoms with E-state index in [1.165, 1.54) is 0 Å². The summed E-state index contributed by atoms with van der Waals surface area (Å²) in [7, 11) is 0. The van der Waals surface area contributed by atoms with E-state index in [4.69, 9.17) is 11.3 Å². The van der Waals surface area contributed by atoms with Crippen molar-refractivity contribution in [2.24, 2.45) is 10.8 Å². The maximum atomic E-state index is 13.4. The van der Waals surface area contributed by atoms with Crippen molar-refractivity contribution >= 4 is 11.6 Å². The van der Waals surface area contributed by atoms with Gasteiger partial charge in [-0.1, -0.05) is 5.11 Å². The highest BCUT2D eigenvalue weighted by molar-refractivity contribution is 5.95. The topological polar surface area (TPSA) is 104 Å². The van der Waals surface area contributed by atoms with Crippen LogP contribution in [0.3, 0.4) is 0 Å². The van der Waals surface area contributed by atoms with E-state index in [0.29, 0.717) is 0 Å². The van der Waals surface area contributed by atoms with Crippen molar-refractivity contribution in [3.8, 4) is 0 Å². The number of nitrogens with one attached hydrogen (secondary N) is 1. The lowest BCUT2D eigenvalue weighted by atomic mass is 10.1. The van der Waals surface area contributed by atoms with Crippen LogP contribution in [0, 0.1) is 23.3 Å². The maximum Gasteiger partial charge on any atom is 0.257 e. The molecule has 1 aromatic carbocycles. The molecule has 6 nitrogen and oxygen atoms in total. The van der Waals surface area contributed by atoms with Crippen molar-refractivity contribution in [3.63, 3.8) is 0 Å². The Hall–Kier alpha value is -2.32. The molecule has 0 fully saturated rings. The highest BCUT2D eigenvalue weighted by Gasteiger charge is 2.28. The average Bonchev–Trinajstić information content (AvgIpc) is 2.39. The largest absolute Gasteiger partial charge is 0.351 e. The van der Waals surface area contributed by atoms with Gasteiger partial charge in [0, 0.05) is 18.0 Å². The van der Waals surface area contributed by atoms with E-state index in [0.717, 1.165) is 0 Å². The molecular formula is C9H7F4N5O. The average molecular weight is 277 g/mol. The highest BCUT2D eigenvalue weighted by atomic mass is 19.2. The molecule has 10 heteroatoms. The first-order valence-corrected chi connectivity index (χ1v) is 4.85. The molecule has 0 saturated carbocycles. The number of rotatable bonds is 4. The van der Waals surface area contributed by atoms with Crippen molar-refractivity contribution < 1.29 is 22.4 Å². The monoisotopic (exact) mass is 277 g/mol. The Kier molecular flexibility index (Phi) is 4.67. The van der Waals surface area contributed by atoms with Crippen molar-refractivity contribution in [3.05, 3.63) is 39.3 Å². The van der Waals surface area contributed by atoms with Crippen LogP contribution >= 0.6 is 0 Å². The smallest absolute Gasteiger partial charge is 0.257 e. The Morgan fingerprint density at radius 1 is 1.21 bits per heavy atom. The molecule has 0 aliphatic rings. The van der Waals surface area contributed by atoms with Gasteiger partial charge < -0.3 is 11.1 Å². The van der Waals surface area contributed by atoms with Gasteiger partial charge >= 0.3 is 0 Å². The van der Waals surface area contributed by atoms with Gasteiger partial charge in [0.1, 0.15) is 11.3 Å². The zero-order chi connectivity index (χ0) is 14.6. The summed E-state index contributed by atoms with van der Waals surface area (Å²) in [6.45, 7) is -0.171. The van der Waals surface area contributed by atoms with E-state index in [1.54, 1.807) is 0 Å². The number of azide groups is 1. The first kappa shape index (κ1) is 14.7. The second-order valence-corrected chi connectivity index (χ2v) is 3.21. The lowest BCUT2D eigenvalue weighted by molar-refractivity contribution is 0.0944. The van der Waals surface area contributed by atoms with Gasteiger partial charge in [0.25, 0.3) is 5.91 Å². The number of hydrogen-bond acceptors (Lipinski definition) is 3. The van der Waals surface area contributed by atoms with Gasteiger partial charge in [-0.2, -0.15) is 0 Å². The fraction of sp³-hybridized carbons (Fsp3) is 0.222. The first-order valence-electron chi connectivity index (χ1n) is 4.85. The van der Waals surface area contributed by atoms with Crippen LogP contribution in [0.1, 0.15) is 10.4 Å². The molecule has 3 N–H and O–H groups in total. The van der Waals surface area contributed by atoms with E-state index in [1.807, 2.05) is 10.2 Å². The molecule has 0 bridgehead atoms. The molecule has 0 saturated heterocycles. The lowest BCUT2D eigenvalue weighted by Crippen LogP contribution is -2.31. The number of carbonyl (C=O) groups is 1. The second-order valence-electron chi connectivity index (χ2n) is 3.21. The molecular weight excluding hydrogens is 270 g/mol. The van der Waals surface area contributed by atoms with Gasteiger partial charge in [-0.05, 0) is 5.53 Å². The fourth-order valence-corrected chi connectivity index (χ4v) is 1.23. The predicted octanol–water partition coefficient (Wildman–Crippen LogP) is 1.87. The third-order valence-electron chi connectivity index (χ3n) is 2.04. The molecule has 0 spiro atoms. The summed E-state index contributed by atoms with van der Waals surface area (Å²) in [6, 6.07) is 0. The van der Waals surface area contributed by atoms with Gasteiger partial charge in [0.05, 0.1) is 0 Å². The lowest BCUT2D eigenvalue weighted by Gasteiger charge is -2.09. The molecule has 102 valence electrons. The maximum absolute atomic E-state index is 13.4. The van der Waals surface area contributed by atoms with Crippen LogP contribution in [0.4, 0.5) is 23.2 Å². The molecule has 0 heterocycles. The van der Waals surface area contributed by atoms with Crippen LogP contribution in [0.5, 0.6) is 0 Å². The molecule has 0 aliphatic carbocycles. The quantitative estimate of drug-likeness (QED) is 0.288. The highest BCUT2D eigenvalue weighted by Crippen LogP contribution is 2.30. The first-order chi connectivity index (χ1) is 8.95. The normalized spacial score (nSPS) is 9.95. The van der Waals surface area contributed by atoms with Crippen LogP contribution in [0.2, 0.25) is 0 Å². The predicted molar refractivity (Wildman–Crippen MR) is 56.5 cm³/mol. The summed E-state index contributed by atoms with van der Waals surface area (Å²) in [5.41, 5.74) is 10.2. The van der Waals surface area contributed by atoms with Crippen molar-refractivity contribution in [1.29, 1.82) is 0 Å². The standard InChI is InChI=1S/C9H7F4N5O/c10-4-3(9(19)16-2-1-14)5(11)7(13)8(6(4)12)17-18-15/h1-2,14H2,(H,16,19). The molecule has 0 aromatic heterocycles. The second kappa shape index (κ2) is 6.03. The number of halogens is 4.